The Morgan fingerprint density at radius 1 is 1.34 bits per heavy atom. The topological polar surface area (TPSA) is 103 Å². The van der Waals surface area contributed by atoms with E-state index in [9.17, 15) is 22.8 Å². The molecule has 168 valence electrons. The summed E-state index contributed by atoms with van der Waals surface area (Å²) in [6.07, 6.45) is -0.0185. The smallest absolute Gasteiger partial charge is 0.354 e. The number of hydrogen-bond donors (Lipinski definition) is 3. The van der Waals surface area contributed by atoms with Crippen LogP contribution in [0, 0.1) is 5.92 Å². The molecule has 3 aromatic rings. The molecule has 3 aliphatic rings. The van der Waals surface area contributed by atoms with Crippen molar-refractivity contribution in [1.29, 1.82) is 0 Å². The summed E-state index contributed by atoms with van der Waals surface area (Å²) in [5, 5.41) is 6.03. The summed E-state index contributed by atoms with van der Waals surface area (Å²) in [6.45, 7) is 0.816. The van der Waals surface area contributed by atoms with Crippen LogP contribution in [0.5, 0.6) is 0 Å². The Morgan fingerprint density at radius 3 is 2.84 bits per heavy atom. The van der Waals surface area contributed by atoms with Crippen molar-refractivity contribution in [3.05, 3.63) is 40.7 Å². The van der Waals surface area contributed by atoms with Crippen molar-refractivity contribution in [2.45, 2.75) is 24.6 Å². The second-order valence-electron chi connectivity index (χ2n) is 8.14. The number of carbonyl (C=O) groups is 2. The SMILES string of the molecule is CNC(=O)c1sc(N2CC3CC2(CNC(=O)c2c[nH]c4ncccc24)C3)nc1C(F)(F)F. The van der Waals surface area contributed by atoms with Gasteiger partial charge < -0.3 is 20.5 Å². The summed E-state index contributed by atoms with van der Waals surface area (Å²) in [5.41, 5.74) is -0.621. The Hall–Kier alpha value is -3.15. The third kappa shape index (κ3) is 3.20. The molecule has 0 spiro atoms. The number of thiazole rings is 1. The molecule has 2 amide bonds. The van der Waals surface area contributed by atoms with Gasteiger partial charge in [-0.2, -0.15) is 13.2 Å². The standard InChI is InChI=1S/C20H19F3N6O2S/c1-24-17(31)13-14(20(21,22)23)28-18(32-13)29-8-10-5-19(29,6-10)9-27-16(30)12-7-26-15-11(12)3-2-4-25-15/h2-4,7,10H,5-6,8-9H2,1H3,(H,24,31)(H,25,26)(H,27,30). The molecule has 0 aromatic carbocycles. The fourth-order valence-corrected chi connectivity index (χ4v) is 5.86. The number of alkyl halides is 3. The molecule has 1 saturated carbocycles. The van der Waals surface area contributed by atoms with Crippen LogP contribution in [0.25, 0.3) is 11.0 Å². The minimum Gasteiger partial charge on any atom is -0.354 e. The molecule has 3 fully saturated rings. The Labute approximate surface area is 184 Å². The molecule has 0 unspecified atom stereocenters. The van der Waals surface area contributed by atoms with Crippen molar-refractivity contribution in [2.75, 3.05) is 25.0 Å². The first-order valence-electron chi connectivity index (χ1n) is 10.00. The number of carbonyl (C=O) groups excluding carboxylic acids is 2. The van der Waals surface area contributed by atoms with Crippen LogP contribution in [0.3, 0.4) is 0 Å². The second-order valence-corrected chi connectivity index (χ2v) is 9.12. The van der Waals surface area contributed by atoms with Gasteiger partial charge in [0.1, 0.15) is 10.5 Å². The van der Waals surface area contributed by atoms with Gasteiger partial charge in [0.2, 0.25) is 0 Å². The third-order valence-electron chi connectivity index (χ3n) is 6.17. The van der Waals surface area contributed by atoms with Gasteiger partial charge in [-0.15, -0.1) is 0 Å². The fourth-order valence-electron chi connectivity index (χ4n) is 4.70. The molecule has 32 heavy (non-hydrogen) atoms. The number of H-pyrrole nitrogens is 1. The first-order chi connectivity index (χ1) is 15.2. The van der Waals surface area contributed by atoms with Crippen LogP contribution >= 0.6 is 11.3 Å². The average molecular weight is 464 g/mol. The lowest BCUT2D eigenvalue weighted by Crippen LogP contribution is -2.54. The quantitative estimate of drug-likeness (QED) is 0.539. The van der Waals surface area contributed by atoms with Crippen LogP contribution in [0.1, 0.15) is 38.6 Å². The molecule has 3 N–H and O–H groups in total. The fraction of sp³-hybridized carbons (Fsp3) is 0.400. The van der Waals surface area contributed by atoms with Gasteiger partial charge in [0.15, 0.2) is 10.8 Å². The van der Waals surface area contributed by atoms with Crippen molar-refractivity contribution < 1.29 is 22.8 Å². The molecule has 0 radical (unpaired) electrons. The number of anilines is 1. The lowest BCUT2D eigenvalue weighted by atomic mass is 9.73. The van der Waals surface area contributed by atoms with Gasteiger partial charge in [0, 0.05) is 37.9 Å². The zero-order valence-corrected chi connectivity index (χ0v) is 17.7. The molecule has 3 aromatic heterocycles. The van der Waals surface area contributed by atoms with Gasteiger partial charge in [0.25, 0.3) is 11.8 Å². The van der Waals surface area contributed by atoms with E-state index in [4.69, 9.17) is 0 Å². The van der Waals surface area contributed by atoms with Gasteiger partial charge >= 0.3 is 6.18 Å². The highest BCUT2D eigenvalue weighted by molar-refractivity contribution is 7.17. The number of aromatic amines is 1. The lowest BCUT2D eigenvalue weighted by Gasteiger charge is -2.42. The van der Waals surface area contributed by atoms with E-state index in [1.165, 1.54) is 7.05 Å². The third-order valence-corrected chi connectivity index (χ3v) is 7.25. The zero-order valence-electron chi connectivity index (χ0n) is 16.9. The van der Waals surface area contributed by atoms with Crippen molar-refractivity contribution >= 4 is 39.3 Å². The highest BCUT2D eigenvalue weighted by Crippen LogP contribution is 2.53. The maximum atomic E-state index is 13.5. The molecular formula is C20H19F3N6O2S. The van der Waals surface area contributed by atoms with Crippen LogP contribution in [0.15, 0.2) is 24.5 Å². The van der Waals surface area contributed by atoms with Gasteiger partial charge in [-0.1, -0.05) is 11.3 Å². The number of rotatable bonds is 5. The number of fused-ring (bicyclic) bond motifs is 2. The van der Waals surface area contributed by atoms with Crippen molar-refractivity contribution in [3.63, 3.8) is 0 Å². The molecule has 2 aliphatic heterocycles. The number of amides is 2. The van der Waals surface area contributed by atoms with E-state index < -0.39 is 28.2 Å². The van der Waals surface area contributed by atoms with Crippen LogP contribution in [0.2, 0.25) is 0 Å². The van der Waals surface area contributed by atoms with Crippen molar-refractivity contribution in [1.82, 2.24) is 25.6 Å². The predicted molar refractivity (Wildman–Crippen MR) is 112 cm³/mol. The van der Waals surface area contributed by atoms with Gasteiger partial charge in [-0.05, 0) is 30.9 Å². The molecule has 2 bridgehead atoms. The highest BCUT2D eigenvalue weighted by Gasteiger charge is 2.57. The molecule has 2 saturated heterocycles. The van der Waals surface area contributed by atoms with Crippen LogP contribution < -0.4 is 15.5 Å². The van der Waals surface area contributed by atoms with Crippen LogP contribution in [-0.4, -0.2) is 52.4 Å². The summed E-state index contributed by atoms with van der Waals surface area (Å²) >= 11 is 0.736. The molecular weight excluding hydrogens is 445 g/mol. The molecule has 8 nitrogen and oxygen atoms in total. The van der Waals surface area contributed by atoms with Crippen molar-refractivity contribution in [3.8, 4) is 0 Å². The molecule has 12 heteroatoms. The van der Waals surface area contributed by atoms with E-state index in [1.54, 1.807) is 24.5 Å². The maximum absolute atomic E-state index is 13.5. The van der Waals surface area contributed by atoms with E-state index in [-0.39, 0.29) is 17.6 Å². The van der Waals surface area contributed by atoms with E-state index >= 15 is 0 Å². The number of nitrogens with one attached hydrogen (secondary N) is 3. The van der Waals surface area contributed by atoms with Gasteiger partial charge in [0.05, 0.1) is 11.1 Å². The molecule has 1 aliphatic carbocycles. The van der Waals surface area contributed by atoms with Crippen LogP contribution in [0.4, 0.5) is 18.3 Å². The Bertz CT molecular complexity index is 1210. The summed E-state index contributed by atoms with van der Waals surface area (Å²) in [7, 11) is 1.28. The number of pyridine rings is 1. The number of halogens is 3. The van der Waals surface area contributed by atoms with E-state index in [0.29, 0.717) is 29.1 Å². The Balaban J connectivity index is 1.38. The summed E-state index contributed by atoms with van der Waals surface area (Å²) in [5.74, 6) is -0.774. The largest absolute Gasteiger partial charge is 0.435 e. The van der Waals surface area contributed by atoms with E-state index in [0.717, 1.165) is 24.2 Å². The number of aromatic nitrogens is 3. The summed E-state index contributed by atoms with van der Waals surface area (Å²) in [6, 6.07) is 3.54. The minimum atomic E-state index is -4.73. The average Bonchev–Trinajstić information content (AvgIpc) is 3.50. The number of hydrogen-bond acceptors (Lipinski definition) is 6. The van der Waals surface area contributed by atoms with E-state index in [1.807, 2.05) is 4.90 Å². The second kappa shape index (κ2) is 7.19. The van der Waals surface area contributed by atoms with Crippen LogP contribution in [-0.2, 0) is 6.18 Å². The summed E-state index contributed by atoms with van der Waals surface area (Å²) in [4.78, 5) is 37.1. The predicted octanol–water partition coefficient (Wildman–Crippen LogP) is 2.80. The molecule has 5 heterocycles. The van der Waals surface area contributed by atoms with E-state index in [2.05, 4.69) is 25.6 Å². The Morgan fingerprint density at radius 2 is 2.12 bits per heavy atom. The Kier molecular flexibility index (Phi) is 4.66. The van der Waals surface area contributed by atoms with Gasteiger partial charge in [-0.3, -0.25) is 9.59 Å². The monoisotopic (exact) mass is 464 g/mol. The number of nitrogens with zero attached hydrogens (tertiary/aromatic N) is 3. The highest BCUT2D eigenvalue weighted by atomic mass is 32.1. The summed E-state index contributed by atoms with van der Waals surface area (Å²) < 4.78 is 40.4. The van der Waals surface area contributed by atoms with Gasteiger partial charge in [-0.25, -0.2) is 9.97 Å². The molecule has 0 atom stereocenters. The lowest BCUT2D eigenvalue weighted by molar-refractivity contribution is -0.141. The van der Waals surface area contributed by atoms with Crippen molar-refractivity contribution in [2.24, 2.45) is 5.92 Å². The first kappa shape index (κ1) is 20.7. The molecule has 6 rings (SSSR count). The minimum absolute atomic E-state index is 0.154. The normalized spacial score (nSPS) is 22.1. The maximum Gasteiger partial charge on any atom is 0.435 e. The zero-order chi connectivity index (χ0) is 22.7. The first-order valence-corrected chi connectivity index (χ1v) is 10.8.